The largest absolute Gasteiger partial charge is 0.382 e. The molecular formula is C18H34O4. The first-order valence-electron chi connectivity index (χ1n) is 8.54. The van der Waals surface area contributed by atoms with Gasteiger partial charge in [-0.25, -0.2) is 0 Å². The maximum Gasteiger partial charge on any atom is 0.146 e. The second kappa shape index (κ2) is 12.1. The van der Waals surface area contributed by atoms with Gasteiger partial charge >= 0.3 is 0 Å². The van der Waals surface area contributed by atoms with Crippen LogP contribution in [0.2, 0.25) is 0 Å². The van der Waals surface area contributed by atoms with E-state index in [1.54, 1.807) is 7.11 Å². The molecule has 0 spiro atoms. The molecule has 4 nitrogen and oxygen atoms in total. The fraction of sp³-hybridized carbons (Fsp3) is 0.889. The molecule has 1 aliphatic rings. The standard InChI is InChI=1S/C18H34O4/c1-15(2)8-11-22-18-7-5-6-17(16(18)3)9-10-20-14-21-13-12-19-4/h8,16-18H,5-7,9-14H2,1-4H3/t16-,17+,18+/m1/s1. The highest BCUT2D eigenvalue weighted by molar-refractivity contribution is 4.93. The summed E-state index contributed by atoms with van der Waals surface area (Å²) >= 11 is 0. The number of allylic oxidation sites excluding steroid dienone is 1. The fourth-order valence-corrected chi connectivity index (χ4v) is 2.95. The Morgan fingerprint density at radius 3 is 2.59 bits per heavy atom. The van der Waals surface area contributed by atoms with Crippen molar-refractivity contribution in [3.05, 3.63) is 11.6 Å². The number of hydrogen-bond donors (Lipinski definition) is 0. The maximum atomic E-state index is 6.05. The molecule has 0 N–H and O–H groups in total. The van der Waals surface area contributed by atoms with Gasteiger partial charge in [0.05, 0.1) is 25.9 Å². The van der Waals surface area contributed by atoms with Crippen molar-refractivity contribution in [2.24, 2.45) is 11.8 Å². The van der Waals surface area contributed by atoms with Crippen LogP contribution in [0.4, 0.5) is 0 Å². The van der Waals surface area contributed by atoms with E-state index in [2.05, 4.69) is 26.8 Å². The summed E-state index contributed by atoms with van der Waals surface area (Å²) in [5.74, 6) is 1.31. The lowest BCUT2D eigenvalue weighted by molar-refractivity contribution is -0.0752. The van der Waals surface area contributed by atoms with Gasteiger partial charge in [0.15, 0.2) is 0 Å². The summed E-state index contributed by atoms with van der Waals surface area (Å²) in [6.07, 6.45) is 7.40. The van der Waals surface area contributed by atoms with Crippen molar-refractivity contribution in [3.63, 3.8) is 0 Å². The molecule has 0 saturated heterocycles. The lowest BCUT2D eigenvalue weighted by Gasteiger charge is -2.35. The molecule has 1 fully saturated rings. The molecule has 0 aromatic rings. The third kappa shape index (κ3) is 8.28. The van der Waals surface area contributed by atoms with E-state index in [1.807, 2.05) is 0 Å². The second-order valence-corrected chi connectivity index (χ2v) is 6.42. The third-order valence-electron chi connectivity index (χ3n) is 4.43. The van der Waals surface area contributed by atoms with Gasteiger partial charge in [0.25, 0.3) is 0 Å². The Balaban J connectivity index is 2.16. The van der Waals surface area contributed by atoms with E-state index in [4.69, 9.17) is 18.9 Å². The molecule has 0 aromatic heterocycles. The van der Waals surface area contributed by atoms with E-state index in [1.165, 1.54) is 24.8 Å². The Hall–Kier alpha value is -0.420. The predicted octanol–water partition coefficient (Wildman–Crippen LogP) is 3.80. The molecule has 4 heteroatoms. The molecule has 1 saturated carbocycles. The summed E-state index contributed by atoms with van der Waals surface area (Å²) in [5, 5.41) is 0. The molecule has 0 aliphatic heterocycles. The van der Waals surface area contributed by atoms with Crippen molar-refractivity contribution in [2.75, 3.05) is 40.3 Å². The van der Waals surface area contributed by atoms with Gasteiger partial charge in [-0.15, -0.1) is 0 Å². The number of ether oxygens (including phenoxy) is 4. The Morgan fingerprint density at radius 2 is 1.86 bits per heavy atom. The van der Waals surface area contributed by atoms with Crippen LogP contribution in [0.1, 0.15) is 46.5 Å². The summed E-state index contributed by atoms with van der Waals surface area (Å²) < 4.78 is 21.8. The molecule has 0 heterocycles. The SMILES string of the molecule is COCCOCOCC[C@@H]1CCC[C@H](OCC=C(C)C)[C@@H]1C. The van der Waals surface area contributed by atoms with Gasteiger partial charge in [-0.2, -0.15) is 0 Å². The highest BCUT2D eigenvalue weighted by Gasteiger charge is 2.30. The quantitative estimate of drug-likeness (QED) is 0.330. The minimum atomic E-state index is 0.366. The minimum Gasteiger partial charge on any atom is -0.382 e. The van der Waals surface area contributed by atoms with Crippen LogP contribution < -0.4 is 0 Å². The first-order chi connectivity index (χ1) is 10.6. The molecular weight excluding hydrogens is 280 g/mol. The Bertz CT molecular complexity index is 299. The topological polar surface area (TPSA) is 36.9 Å². The second-order valence-electron chi connectivity index (χ2n) is 6.42. The molecule has 0 bridgehead atoms. The van der Waals surface area contributed by atoms with Crippen molar-refractivity contribution in [1.29, 1.82) is 0 Å². The van der Waals surface area contributed by atoms with E-state index < -0.39 is 0 Å². The summed E-state index contributed by atoms with van der Waals surface area (Å²) in [5.41, 5.74) is 1.32. The maximum absolute atomic E-state index is 6.05. The molecule has 22 heavy (non-hydrogen) atoms. The van der Waals surface area contributed by atoms with Crippen molar-refractivity contribution < 1.29 is 18.9 Å². The molecule has 3 atom stereocenters. The number of hydrogen-bond acceptors (Lipinski definition) is 4. The molecule has 1 rings (SSSR count). The third-order valence-corrected chi connectivity index (χ3v) is 4.43. The fourth-order valence-electron chi connectivity index (χ4n) is 2.95. The summed E-state index contributed by atoms with van der Waals surface area (Å²) in [4.78, 5) is 0. The lowest BCUT2D eigenvalue weighted by atomic mass is 9.77. The smallest absolute Gasteiger partial charge is 0.146 e. The highest BCUT2D eigenvalue weighted by Crippen LogP contribution is 2.34. The van der Waals surface area contributed by atoms with Gasteiger partial charge in [0.1, 0.15) is 6.79 Å². The zero-order chi connectivity index (χ0) is 16.2. The Kier molecular flexibility index (Phi) is 10.8. The van der Waals surface area contributed by atoms with Crippen molar-refractivity contribution >= 4 is 0 Å². The van der Waals surface area contributed by atoms with Crippen LogP contribution in [-0.2, 0) is 18.9 Å². The molecule has 0 amide bonds. The van der Waals surface area contributed by atoms with Gasteiger partial charge in [0, 0.05) is 13.7 Å². The van der Waals surface area contributed by atoms with Crippen LogP contribution in [0.15, 0.2) is 11.6 Å². The van der Waals surface area contributed by atoms with Gasteiger partial charge in [-0.3, -0.25) is 0 Å². The Morgan fingerprint density at radius 1 is 1.09 bits per heavy atom. The lowest BCUT2D eigenvalue weighted by Crippen LogP contribution is -2.33. The minimum absolute atomic E-state index is 0.366. The molecule has 0 unspecified atom stereocenters. The Labute approximate surface area is 136 Å². The van der Waals surface area contributed by atoms with Crippen LogP contribution >= 0.6 is 0 Å². The summed E-state index contributed by atoms with van der Waals surface area (Å²) in [7, 11) is 1.67. The first-order valence-corrected chi connectivity index (χ1v) is 8.54. The van der Waals surface area contributed by atoms with E-state index in [0.717, 1.165) is 19.6 Å². The van der Waals surface area contributed by atoms with E-state index in [0.29, 0.717) is 37.9 Å². The van der Waals surface area contributed by atoms with Gasteiger partial charge in [0.2, 0.25) is 0 Å². The molecule has 130 valence electrons. The zero-order valence-electron chi connectivity index (χ0n) is 14.8. The van der Waals surface area contributed by atoms with E-state index >= 15 is 0 Å². The van der Waals surface area contributed by atoms with Crippen molar-refractivity contribution in [3.8, 4) is 0 Å². The van der Waals surface area contributed by atoms with Crippen LogP contribution in [-0.4, -0.2) is 46.4 Å². The van der Waals surface area contributed by atoms with Gasteiger partial charge in [-0.1, -0.05) is 25.0 Å². The number of rotatable bonds is 11. The van der Waals surface area contributed by atoms with E-state index in [9.17, 15) is 0 Å². The average Bonchev–Trinajstić information content (AvgIpc) is 2.49. The van der Waals surface area contributed by atoms with Crippen LogP contribution in [0.3, 0.4) is 0 Å². The molecule has 1 aliphatic carbocycles. The molecule has 0 radical (unpaired) electrons. The summed E-state index contributed by atoms with van der Waals surface area (Å²) in [6, 6.07) is 0. The van der Waals surface area contributed by atoms with E-state index in [-0.39, 0.29) is 0 Å². The van der Waals surface area contributed by atoms with Crippen LogP contribution in [0, 0.1) is 11.8 Å². The molecule has 0 aromatic carbocycles. The van der Waals surface area contributed by atoms with Crippen LogP contribution in [0.25, 0.3) is 0 Å². The number of methoxy groups -OCH3 is 1. The van der Waals surface area contributed by atoms with Gasteiger partial charge < -0.3 is 18.9 Å². The van der Waals surface area contributed by atoms with Crippen molar-refractivity contribution in [1.82, 2.24) is 0 Å². The zero-order valence-corrected chi connectivity index (χ0v) is 14.8. The van der Waals surface area contributed by atoms with Crippen LogP contribution in [0.5, 0.6) is 0 Å². The monoisotopic (exact) mass is 314 g/mol. The predicted molar refractivity (Wildman–Crippen MR) is 88.9 cm³/mol. The normalized spacial score (nSPS) is 25.2. The highest BCUT2D eigenvalue weighted by atomic mass is 16.7. The van der Waals surface area contributed by atoms with Crippen molar-refractivity contribution in [2.45, 2.75) is 52.6 Å². The van der Waals surface area contributed by atoms with Gasteiger partial charge in [-0.05, 0) is 44.9 Å². The average molecular weight is 314 g/mol. The first kappa shape index (κ1) is 19.6. The summed E-state index contributed by atoms with van der Waals surface area (Å²) in [6.45, 7) is 9.64.